The molecular formula is C15H22ClNOS. The van der Waals surface area contributed by atoms with Crippen molar-refractivity contribution in [3.8, 4) is 0 Å². The first kappa shape index (κ1) is 15.0. The Kier molecular flexibility index (Phi) is 4.70. The maximum absolute atomic E-state index is 11.1. The Morgan fingerprint density at radius 1 is 1.47 bits per heavy atom. The highest BCUT2D eigenvalue weighted by molar-refractivity contribution is 7.84. The number of rotatable bonds is 5. The number of hydrogen-bond acceptors (Lipinski definition) is 2. The van der Waals surface area contributed by atoms with Gasteiger partial charge in [-0.15, -0.1) is 0 Å². The van der Waals surface area contributed by atoms with Crippen LogP contribution in [0.15, 0.2) is 18.2 Å². The number of nitrogens with one attached hydrogen (secondary N) is 1. The molecule has 0 aliphatic heterocycles. The quantitative estimate of drug-likeness (QED) is 0.845. The van der Waals surface area contributed by atoms with Crippen molar-refractivity contribution < 1.29 is 4.21 Å². The van der Waals surface area contributed by atoms with Crippen molar-refractivity contribution in [2.24, 2.45) is 5.41 Å². The molecule has 0 saturated carbocycles. The van der Waals surface area contributed by atoms with E-state index in [9.17, 15) is 4.21 Å². The molecule has 1 N–H and O–H groups in total. The first-order valence-electron chi connectivity index (χ1n) is 6.72. The second-order valence-electron chi connectivity index (χ2n) is 6.03. The Bertz CT molecular complexity index is 487. The standard InChI is InChI=1S/C15H22ClNOS/c1-15(2)10-11-5-6-12(16)9-13(11)14(15)17-7-4-8-19(3)18/h5-6,9,14,17H,4,7-8,10H2,1-3H3. The third kappa shape index (κ3) is 3.59. The van der Waals surface area contributed by atoms with Gasteiger partial charge in [0.25, 0.3) is 0 Å². The van der Waals surface area contributed by atoms with Crippen molar-refractivity contribution in [2.75, 3.05) is 18.6 Å². The average Bonchev–Trinajstić information content (AvgIpc) is 2.55. The van der Waals surface area contributed by atoms with Gasteiger partial charge in [0.05, 0.1) is 0 Å². The van der Waals surface area contributed by atoms with Gasteiger partial charge in [0.2, 0.25) is 0 Å². The van der Waals surface area contributed by atoms with Crippen LogP contribution in [0.1, 0.15) is 37.4 Å². The fraction of sp³-hybridized carbons (Fsp3) is 0.600. The first-order valence-corrected chi connectivity index (χ1v) is 8.82. The minimum atomic E-state index is -0.698. The van der Waals surface area contributed by atoms with E-state index in [0.29, 0.717) is 6.04 Å². The number of fused-ring (bicyclic) bond motifs is 1. The Morgan fingerprint density at radius 2 is 2.21 bits per heavy atom. The van der Waals surface area contributed by atoms with E-state index < -0.39 is 10.8 Å². The largest absolute Gasteiger partial charge is 0.309 e. The van der Waals surface area contributed by atoms with E-state index in [2.05, 4.69) is 31.3 Å². The van der Waals surface area contributed by atoms with Gasteiger partial charge in [-0.3, -0.25) is 4.21 Å². The molecule has 2 rings (SSSR count). The molecule has 106 valence electrons. The second kappa shape index (κ2) is 5.94. The van der Waals surface area contributed by atoms with E-state index in [1.807, 2.05) is 6.07 Å². The van der Waals surface area contributed by atoms with E-state index in [-0.39, 0.29) is 5.41 Å². The number of benzene rings is 1. The zero-order chi connectivity index (χ0) is 14.0. The summed E-state index contributed by atoms with van der Waals surface area (Å²) in [6.45, 7) is 5.48. The molecule has 4 heteroatoms. The van der Waals surface area contributed by atoms with Crippen LogP contribution >= 0.6 is 11.6 Å². The molecule has 0 amide bonds. The molecule has 19 heavy (non-hydrogen) atoms. The van der Waals surface area contributed by atoms with E-state index in [1.54, 1.807) is 6.26 Å². The highest BCUT2D eigenvalue weighted by Crippen LogP contribution is 2.45. The molecule has 0 fully saturated rings. The van der Waals surface area contributed by atoms with Gasteiger partial charge in [0.15, 0.2) is 0 Å². The summed E-state index contributed by atoms with van der Waals surface area (Å²) in [5, 5.41) is 4.42. The average molecular weight is 300 g/mol. The summed E-state index contributed by atoms with van der Waals surface area (Å²) in [5.41, 5.74) is 2.93. The van der Waals surface area contributed by atoms with Crippen molar-refractivity contribution in [1.29, 1.82) is 0 Å². The van der Waals surface area contributed by atoms with Crippen LogP contribution in [-0.2, 0) is 17.2 Å². The van der Waals surface area contributed by atoms with Crippen molar-refractivity contribution >= 4 is 22.4 Å². The lowest BCUT2D eigenvalue weighted by Crippen LogP contribution is -2.32. The third-order valence-electron chi connectivity index (χ3n) is 3.80. The van der Waals surface area contributed by atoms with Crippen LogP contribution in [0.2, 0.25) is 5.02 Å². The molecule has 1 aromatic rings. The molecular weight excluding hydrogens is 278 g/mol. The smallest absolute Gasteiger partial charge is 0.0409 e. The maximum Gasteiger partial charge on any atom is 0.0409 e. The summed E-state index contributed by atoms with van der Waals surface area (Å²) in [6, 6.07) is 6.54. The lowest BCUT2D eigenvalue weighted by molar-refractivity contribution is 0.270. The molecule has 1 aliphatic rings. The van der Waals surface area contributed by atoms with Gasteiger partial charge in [0.1, 0.15) is 0 Å². The highest BCUT2D eigenvalue weighted by atomic mass is 35.5. The summed E-state index contributed by atoms with van der Waals surface area (Å²) >= 11 is 6.12. The van der Waals surface area contributed by atoms with Crippen LogP contribution in [0.4, 0.5) is 0 Å². The van der Waals surface area contributed by atoms with Crippen molar-refractivity contribution in [2.45, 2.75) is 32.7 Å². The van der Waals surface area contributed by atoms with Crippen molar-refractivity contribution in [1.82, 2.24) is 5.32 Å². The Hall–Kier alpha value is -0.380. The van der Waals surface area contributed by atoms with E-state index >= 15 is 0 Å². The van der Waals surface area contributed by atoms with Gasteiger partial charge in [-0.2, -0.15) is 0 Å². The normalized spacial score (nSPS) is 22.2. The van der Waals surface area contributed by atoms with Crippen LogP contribution in [0, 0.1) is 5.41 Å². The minimum absolute atomic E-state index is 0.207. The van der Waals surface area contributed by atoms with Gasteiger partial charge in [0, 0.05) is 33.9 Å². The fourth-order valence-electron chi connectivity index (χ4n) is 2.92. The van der Waals surface area contributed by atoms with Crippen molar-refractivity contribution in [3.63, 3.8) is 0 Å². The predicted molar refractivity (Wildman–Crippen MR) is 83.2 cm³/mol. The van der Waals surface area contributed by atoms with Crippen LogP contribution < -0.4 is 5.32 Å². The predicted octanol–water partition coefficient (Wildman–Crippen LogP) is 3.32. The molecule has 2 unspecified atom stereocenters. The Balaban J connectivity index is 2.06. The van der Waals surface area contributed by atoms with Crippen LogP contribution in [0.5, 0.6) is 0 Å². The van der Waals surface area contributed by atoms with Gasteiger partial charge < -0.3 is 5.32 Å². The SMILES string of the molecule is CS(=O)CCCNC1c2cc(Cl)ccc2CC1(C)C. The van der Waals surface area contributed by atoms with Gasteiger partial charge in [-0.1, -0.05) is 31.5 Å². The summed E-state index contributed by atoms with van der Waals surface area (Å²) in [5.74, 6) is 0.766. The first-order chi connectivity index (χ1) is 8.90. The molecule has 0 saturated heterocycles. The second-order valence-corrected chi connectivity index (χ2v) is 8.02. The van der Waals surface area contributed by atoms with E-state index in [4.69, 9.17) is 11.6 Å². The molecule has 0 bridgehead atoms. The topological polar surface area (TPSA) is 29.1 Å². The molecule has 1 aromatic carbocycles. The van der Waals surface area contributed by atoms with E-state index in [1.165, 1.54) is 11.1 Å². The summed E-state index contributed by atoms with van der Waals surface area (Å²) in [4.78, 5) is 0. The molecule has 0 aromatic heterocycles. The molecule has 0 radical (unpaired) electrons. The van der Waals surface area contributed by atoms with Gasteiger partial charge in [-0.05, 0) is 48.1 Å². The van der Waals surface area contributed by atoms with Crippen LogP contribution in [-0.4, -0.2) is 22.8 Å². The van der Waals surface area contributed by atoms with E-state index in [0.717, 1.165) is 30.2 Å². The van der Waals surface area contributed by atoms with Crippen molar-refractivity contribution in [3.05, 3.63) is 34.3 Å². The van der Waals surface area contributed by atoms with Gasteiger partial charge in [-0.25, -0.2) is 0 Å². The zero-order valence-corrected chi connectivity index (χ0v) is 13.4. The number of hydrogen-bond donors (Lipinski definition) is 1. The molecule has 0 heterocycles. The molecule has 2 nitrogen and oxygen atoms in total. The monoisotopic (exact) mass is 299 g/mol. The lowest BCUT2D eigenvalue weighted by Gasteiger charge is -2.28. The number of halogens is 1. The molecule has 2 atom stereocenters. The minimum Gasteiger partial charge on any atom is -0.309 e. The Morgan fingerprint density at radius 3 is 2.89 bits per heavy atom. The molecule has 1 aliphatic carbocycles. The maximum atomic E-state index is 11.1. The summed E-state index contributed by atoms with van der Waals surface area (Å²) in [6.07, 6.45) is 3.79. The summed E-state index contributed by atoms with van der Waals surface area (Å²) < 4.78 is 11.1. The van der Waals surface area contributed by atoms with Crippen LogP contribution in [0.25, 0.3) is 0 Å². The fourth-order valence-corrected chi connectivity index (χ4v) is 3.65. The lowest BCUT2D eigenvalue weighted by atomic mass is 9.85. The summed E-state index contributed by atoms with van der Waals surface area (Å²) in [7, 11) is -0.698. The third-order valence-corrected chi connectivity index (χ3v) is 4.90. The van der Waals surface area contributed by atoms with Gasteiger partial charge >= 0.3 is 0 Å². The zero-order valence-electron chi connectivity index (χ0n) is 11.8. The Labute approximate surface area is 123 Å². The highest BCUT2D eigenvalue weighted by Gasteiger charge is 2.38. The molecule has 0 spiro atoms. The van der Waals surface area contributed by atoms with Crippen LogP contribution in [0.3, 0.4) is 0 Å².